The standard InChI is InChI=1S/C14H25N3O/c18-14(17-11-5-2-6-12-17)8-10-16-13-7-3-1-4-9-15-13/h1-12H2,(H,15,16). The second kappa shape index (κ2) is 7.39. The molecule has 4 heteroatoms. The molecule has 0 radical (unpaired) electrons. The summed E-state index contributed by atoms with van der Waals surface area (Å²) in [6.45, 7) is 3.61. The highest BCUT2D eigenvalue weighted by atomic mass is 16.2. The van der Waals surface area contributed by atoms with Crippen LogP contribution in [0, 0.1) is 0 Å². The molecule has 0 aromatic rings. The molecule has 1 fully saturated rings. The van der Waals surface area contributed by atoms with E-state index < -0.39 is 0 Å². The highest BCUT2D eigenvalue weighted by Crippen LogP contribution is 2.10. The van der Waals surface area contributed by atoms with E-state index in [2.05, 4.69) is 10.3 Å². The number of hydrogen-bond donors (Lipinski definition) is 1. The van der Waals surface area contributed by atoms with E-state index in [-0.39, 0.29) is 0 Å². The molecule has 0 aromatic heterocycles. The van der Waals surface area contributed by atoms with Gasteiger partial charge in [0.25, 0.3) is 0 Å². The molecule has 2 aliphatic heterocycles. The Morgan fingerprint density at radius 3 is 2.72 bits per heavy atom. The molecular weight excluding hydrogens is 226 g/mol. The van der Waals surface area contributed by atoms with Crippen LogP contribution in [-0.2, 0) is 4.79 Å². The zero-order valence-electron chi connectivity index (χ0n) is 11.3. The van der Waals surface area contributed by atoms with Gasteiger partial charge in [0.15, 0.2) is 0 Å². The molecule has 1 saturated heterocycles. The summed E-state index contributed by atoms with van der Waals surface area (Å²) in [7, 11) is 0. The number of nitrogens with one attached hydrogen (secondary N) is 1. The molecule has 0 aromatic carbocycles. The lowest BCUT2D eigenvalue weighted by molar-refractivity contribution is -0.131. The lowest BCUT2D eigenvalue weighted by atomic mass is 10.1. The molecule has 0 atom stereocenters. The van der Waals surface area contributed by atoms with E-state index in [4.69, 9.17) is 0 Å². The smallest absolute Gasteiger partial charge is 0.224 e. The highest BCUT2D eigenvalue weighted by molar-refractivity contribution is 5.83. The van der Waals surface area contributed by atoms with Crippen molar-refractivity contribution >= 4 is 11.7 Å². The summed E-state index contributed by atoms with van der Waals surface area (Å²) in [5.41, 5.74) is 0. The summed E-state index contributed by atoms with van der Waals surface area (Å²) in [6, 6.07) is 0. The predicted octanol–water partition coefficient (Wildman–Crippen LogP) is 1.95. The van der Waals surface area contributed by atoms with Crippen LogP contribution in [0.15, 0.2) is 4.99 Å². The van der Waals surface area contributed by atoms with E-state index >= 15 is 0 Å². The largest absolute Gasteiger partial charge is 0.373 e. The molecule has 102 valence electrons. The summed E-state index contributed by atoms with van der Waals surface area (Å²) in [5.74, 6) is 1.41. The fourth-order valence-electron chi connectivity index (χ4n) is 2.63. The molecule has 0 spiro atoms. The average Bonchev–Trinajstić information content (AvgIpc) is 2.68. The summed E-state index contributed by atoms with van der Waals surface area (Å²) < 4.78 is 0. The Morgan fingerprint density at radius 2 is 1.89 bits per heavy atom. The van der Waals surface area contributed by atoms with Gasteiger partial charge in [-0.25, -0.2) is 0 Å². The predicted molar refractivity (Wildman–Crippen MR) is 73.8 cm³/mol. The number of carbonyl (C=O) groups is 1. The van der Waals surface area contributed by atoms with E-state index in [1.165, 1.54) is 38.5 Å². The van der Waals surface area contributed by atoms with E-state index in [0.29, 0.717) is 12.3 Å². The summed E-state index contributed by atoms with van der Waals surface area (Å²) in [4.78, 5) is 18.5. The number of aliphatic imine (C=N–C) groups is 1. The number of amides is 1. The average molecular weight is 251 g/mol. The molecular formula is C14H25N3O. The number of likely N-dealkylation sites (tertiary alicyclic amines) is 1. The van der Waals surface area contributed by atoms with Crippen molar-refractivity contribution in [3.63, 3.8) is 0 Å². The topological polar surface area (TPSA) is 44.7 Å². The first kappa shape index (κ1) is 13.4. The van der Waals surface area contributed by atoms with Crippen LogP contribution < -0.4 is 5.32 Å². The summed E-state index contributed by atoms with van der Waals surface area (Å²) in [6.07, 6.45) is 9.00. The molecule has 0 saturated carbocycles. The van der Waals surface area contributed by atoms with Gasteiger partial charge < -0.3 is 10.2 Å². The number of carbonyl (C=O) groups excluding carboxylic acids is 1. The number of rotatable bonds is 3. The monoisotopic (exact) mass is 251 g/mol. The van der Waals surface area contributed by atoms with Crippen LogP contribution in [0.2, 0.25) is 0 Å². The second-order valence-electron chi connectivity index (χ2n) is 5.26. The van der Waals surface area contributed by atoms with Gasteiger partial charge in [-0.1, -0.05) is 6.42 Å². The number of nitrogens with zero attached hydrogens (tertiary/aromatic N) is 2. The van der Waals surface area contributed by atoms with Crippen LogP contribution in [-0.4, -0.2) is 42.8 Å². The first-order valence-corrected chi connectivity index (χ1v) is 7.41. The molecule has 4 nitrogen and oxygen atoms in total. The van der Waals surface area contributed by atoms with Gasteiger partial charge >= 0.3 is 0 Å². The van der Waals surface area contributed by atoms with Gasteiger partial charge in [0.2, 0.25) is 5.91 Å². The van der Waals surface area contributed by atoms with Gasteiger partial charge in [0.1, 0.15) is 0 Å². The van der Waals surface area contributed by atoms with Crippen molar-refractivity contribution in [2.75, 3.05) is 26.2 Å². The molecule has 0 unspecified atom stereocenters. The number of hydrogen-bond acceptors (Lipinski definition) is 3. The maximum Gasteiger partial charge on any atom is 0.224 e. The van der Waals surface area contributed by atoms with Crippen molar-refractivity contribution in [3.05, 3.63) is 0 Å². The third-order valence-electron chi connectivity index (χ3n) is 3.75. The van der Waals surface area contributed by atoms with Crippen LogP contribution >= 0.6 is 0 Å². The van der Waals surface area contributed by atoms with Gasteiger partial charge in [0, 0.05) is 39.0 Å². The van der Waals surface area contributed by atoms with Crippen LogP contribution in [0.25, 0.3) is 0 Å². The zero-order chi connectivity index (χ0) is 12.6. The minimum atomic E-state index is 0.302. The summed E-state index contributed by atoms with van der Waals surface area (Å²) >= 11 is 0. The van der Waals surface area contributed by atoms with Gasteiger partial charge in [-0.05, 0) is 32.1 Å². The van der Waals surface area contributed by atoms with Crippen molar-refractivity contribution < 1.29 is 4.79 Å². The molecule has 1 N–H and O–H groups in total. The van der Waals surface area contributed by atoms with Gasteiger partial charge in [0.05, 0.1) is 5.84 Å². The maximum atomic E-state index is 12.0. The summed E-state index contributed by atoms with van der Waals surface area (Å²) in [5, 5.41) is 3.33. The number of amidine groups is 1. The Hall–Kier alpha value is -1.06. The lowest BCUT2D eigenvalue weighted by Gasteiger charge is -2.26. The van der Waals surface area contributed by atoms with Crippen molar-refractivity contribution in [2.24, 2.45) is 4.99 Å². The quantitative estimate of drug-likeness (QED) is 0.833. The molecule has 0 bridgehead atoms. The molecule has 0 aliphatic carbocycles. The van der Waals surface area contributed by atoms with Crippen LogP contribution in [0.5, 0.6) is 0 Å². The van der Waals surface area contributed by atoms with Gasteiger partial charge in [-0.3, -0.25) is 9.79 Å². The third kappa shape index (κ3) is 4.31. The van der Waals surface area contributed by atoms with Crippen LogP contribution in [0.1, 0.15) is 51.4 Å². The Bertz CT molecular complexity index is 295. The van der Waals surface area contributed by atoms with Crippen LogP contribution in [0.3, 0.4) is 0 Å². The minimum Gasteiger partial charge on any atom is -0.373 e. The SMILES string of the molecule is O=C(CCNC1=NCCCCC1)N1CCCCC1. The molecule has 18 heavy (non-hydrogen) atoms. The van der Waals surface area contributed by atoms with Gasteiger partial charge in [-0.2, -0.15) is 0 Å². The minimum absolute atomic E-state index is 0.302. The maximum absolute atomic E-state index is 12.0. The molecule has 2 rings (SSSR count). The second-order valence-corrected chi connectivity index (χ2v) is 5.26. The third-order valence-corrected chi connectivity index (χ3v) is 3.75. The Kier molecular flexibility index (Phi) is 5.49. The van der Waals surface area contributed by atoms with Crippen molar-refractivity contribution in [1.82, 2.24) is 10.2 Å². The first-order valence-electron chi connectivity index (χ1n) is 7.41. The highest BCUT2D eigenvalue weighted by Gasteiger charge is 2.15. The first-order chi connectivity index (χ1) is 8.86. The fraction of sp³-hybridized carbons (Fsp3) is 0.857. The molecule has 1 amide bonds. The number of piperidine rings is 1. The van der Waals surface area contributed by atoms with Crippen molar-refractivity contribution in [2.45, 2.75) is 51.4 Å². The normalized spacial score (nSPS) is 21.1. The lowest BCUT2D eigenvalue weighted by Crippen LogP contribution is -2.37. The van der Waals surface area contributed by atoms with E-state index in [1.54, 1.807) is 0 Å². The zero-order valence-corrected chi connectivity index (χ0v) is 11.3. The Labute approximate surface area is 110 Å². The van der Waals surface area contributed by atoms with Crippen LogP contribution in [0.4, 0.5) is 0 Å². The Morgan fingerprint density at radius 1 is 1.11 bits per heavy atom. The van der Waals surface area contributed by atoms with E-state index in [1.807, 2.05) is 4.90 Å². The molecule has 2 aliphatic rings. The van der Waals surface area contributed by atoms with Gasteiger partial charge in [-0.15, -0.1) is 0 Å². The molecule has 2 heterocycles. The van der Waals surface area contributed by atoms with E-state index in [9.17, 15) is 4.79 Å². The van der Waals surface area contributed by atoms with Crippen molar-refractivity contribution in [1.29, 1.82) is 0 Å². The van der Waals surface area contributed by atoms with Crippen molar-refractivity contribution in [3.8, 4) is 0 Å². The Balaban J connectivity index is 1.64. The fourth-order valence-corrected chi connectivity index (χ4v) is 2.63. The van der Waals surface area contributed by atoms with E-state index in [0.717, 1.165) is 38.4 Å².